The number of carbonyl (C=O) groups excluding carboxylic acids is 1. The Kier molecular flexibility index (Phi) is 7.60. The number of nitrogens with one attached hydrogen (secondary N) is 1. The molecule has 154 valence electrons. The molecule has 0 radical (unpaired) electrons. The van der Waals surface area contributed by atoms with Crippen molar-refractivity contribution in [3.05, 3.63) is 35.4 Å². The first kappa shape index (κ1) is 21.4. The van der Waals surface area contributed by atoms with Gasteiger partial charge in [-0.1, -0.05) is 37.1 Å². The summed E-state index contributed by atoms with van der Waals surface area (Å²) < 4.78 is 0. The van der Waals surface area contributed by atoms with E-state index >= 15 is 0 Å². The predicted molar refractivity (Wildman–Crippen MR) is 124 cm³/mol. The average Bonchev–Trinajstić information content (AvgIpc) is 3.30. The molecule has 1 aromatic rings. The lowest BCUT2D eigenvalue weighted by Gasteiger charge is -2.23. The number of nitrogens with zero attached hydrogens (tertiary/aromatic N) is 3. The van der Waals surface area contributed by atoms with E-state index in [2.05, 4.69) is 39.5 Å². The Morgan fingerprint density at radius 2 is 1.79 bits per heavy atom. The topological polar surface area (TPSA) is 47.9 Å². The fourth-order valence-corrected chi connectivity index (χ4v) is 5.05. The number of fused-ring (bicyclic) bond motifs is 1. The molecule has 3 aliphatic rings. The SMILES string of the molecule is CN=C(NCc1ccccc1CN1CCCC1=O)N1CC2CCCCC2C1.I. The maximum Gasteiger partial charge on any atom is 0.222 e. The van der Waals surface area contributed by atoms with Crippen molar-refractivity contribution in [1.29, 1.82) is 0 Å². The molecular formula is C22H33IN4O. The van der Waals surface area contributed by atoms with E-state index in [-0.39, 0.29) is 29.9 Å². The molecule has 1 saturated carbocycles. The van der Waals surface area contributed by atoms with Crippen molar-refractivity contribution in [3.63, 3.8) is 0 Å². The molecule has 4 rings (SSSR count). The van der Waals surface area contributed by atoms with Gasteiger partial charge in [0.25, 0.3) is 0 Å². The number of aliphatic imine (C=N–C) groups is 1. The third kappa shape index (κ3) is 4.81. The van der Waals surface area contributed by atoms with Crippen molar-refractivity contribution in [2.75, 3.05) is 26.7 Å². The van der Waals surface area contributed by atoms with E-state index in [9.17, 15) is 4.79 Å². The van der Waals surface area contributed by atoms with Gasteiger partial charge in [-0.3, -0.25) is 9.79 Å². The molecule has 1 aromatic carbocycles. The van der Waals surface area contributed by atoms with E-state index in [0.29, 0.717) is 6.42 Å². The van der Waals surface area contributed by atoms with Gasteiger partial charge in [0.2, 0.25) is 5.91 Å². The number of guanidine groups is 1. The van der Waals surface area contributed by atoms with Crippen LogP contribution in [0.25, 0.3) is 0 Å². The maximum atomic E-state index is 12.0. The Bertz CT molecular complexity index is 694. The Balaban J connectivity index is 0.00000225. The second kappa shape index (κ2) is 9.94. The van der Waals surface area contributed by atoms with Gasteiger partial charge in [0.15, 0.2) is 5.96 Å². The van der Waals surface area contributed by atoms with Gasteiger partial charge in [0.1, 0.15) is 0 Å². The summed E-state index contributed by atoms with van der Waals surface area (Å²) in [5.41, 5.74) is 2.50. The van der Waals surface area contributed by atoms with Gasteiger partial charge in [-0.05, 0) is 42.2 Å². The van der Waals surface area contributed by atoms with Gasteiger partial charge in [0, 0.05) is 46.2 Å². The van der Waals surface area contributed by atoms with E-state index in [0.717, 1.165) is 56.9 Å². The summed E-state index contributed by atoms with van der Waals surface area (Å²) in [5, 5.41) is 3.59. The fraction of sp³-hybridized carbons (Fsp3) is 0.636. The first-order valence-corrected chi connectivity index (χ1v) is 10.5. The van der Waals surface area contributed by atoms with Crippen LogP contribution in [0.4, 0.5) is 0 Å². The number of hydrogen-bond donors (Lipinski definition) is 1. The number of carbonyl (C=O) groups is 1. The van der Waals surface area contributed by atoms with Crippen LogP contribution in [0, 0.1) is 11.8 Å². The molecule has 3 fully saturated rings. The summed E-state index contributed by atoms with van der Waals surface area (Å²) in [5.74, 6) is 3.02. The summed E-state index contributed by atoms with van der Waals surface area (Å²) in [6.07, 6.45) is 7.23. The first-order valence-electron chi connectivity index (χ1n) is 10.5. The molecule has 0 bridgehead atoms. The highest BCUT2D eigenvalue weighted by molar-refractivity contribution is 14.0. The lowest BCUT2D eigenvalue weighted by Crippen LogP contribution is -2.40. The molecule has 2 aliphatic heterocycles. The second-order valence-corrected chi connectivity index (χ2v) is 8.30. The molecule has 28 heavy (non-hydrogen) atoms. The van der Waals surface area contributed by atoms with Crippen LogP contribution in [0.15, 0.2) is 29.3 Å². The highest BCUT2D eigenvalue weighted by Gasteiger charge is 2.35. The molecule has 0 spiro atoms. The van der Waals surface area contributed by atoms with Crippen LogP contribution in [0.2, 0.25) is 0 Å². The summed E-state index contributed by atoms with van der Waals surface area (Å²) in [6, 6.07) is 8.47. The Labute approximate surface area is 186 Å². The van der Waals surface area contributed by atoms with Crippen molar-refractivity contribution in [2.45, 2.75) is 51.6 Å². The van der Waals surface area contributed by atoms with Crippen molar-refractivity contribution in [3.8, 4) is 0 Å². The largest absolute Gasteiger partial charge is 0.352 e. The van der Waals surface area contributed by atoms with Crippen LogP contribution in [-0.4, -0.2) is 48.3 Å². The van der Waals surface area contributed by atoms with E-state index in [1.54, 1.807) is 0 Å². The van der Waals surface area contributed by atoms with Crippen LogP contribution in [0.3, 0.4) is 0 Å². The number of likely N-dealkylation sites (tertiary alicyclic amines) is 2. The van der Waals surface area contributed by atoms with Crippen molar-refractivity contribution < 1.29 is 4.79 Å². The van der Waals surface area contributed by atoms with Gasteiger partial charge in [0.05, 0.1) is 0 Å². The zero-order valence-electron chi connectivity index (χ0n) is 16.9. The predicted octanol–water partition coefficient (Wildman–Crippen LogP) is 3.62. The second-order valence-electron chi connectivity index (χ2n) is 8.30. The van der Waals surface area contributed by atoms with Gasteiger partial charge in [-0.15, -0.1) is 24.0 Å². The minimum absolute atomic E-state index is 0. The molecule has 6 heteroatoms. The number of amides is 1. The fourth-order valence-electron chi connectivity index (χ4n) is 5.05. The summed E-state index contributed by atoms with van der Waals surface area (Å²) in [4.78, 5) is 21.0. The minimum Gasteiger partial charge on any atom is -0.352 e. The Morgan fingerprint density at radius 1 is 1.11 bits per heavy atom. The monoisotopic (exact) mass is 496 g/mol. The highest BCUT2D eigenvalue weighted by atomic mass is 127. The summed E-state index contributed by atoms with van der Waals surface area (Å²) in [7, 11) is 1.89. The molecule has 2 heterocycles. The lowest BCUT2D eigenvalue weighted by atomic mass is 9.82. The maximum absolute atomic E-state index is 12.0. The molecule has 2 atom stereocenters. The van der Waals surface area contributed by atoms with Crippen molar-refractivity contribution in [2.24, 2.45) is 16.8 Å². The number of benzene rings is 1. The molecule has 1 amide bonds. The molecule has 0 aromatic heterocycles. The standard InChI is InChI=1S/C22H32N4O.HI/c1-23-22(26-15-19-9-4-5-10-20(19)16-26)24-13-17-7-2-3-8-18(17)14-25-12-6-11-21(25)27;/h2-3,7-8,19-20H,4-6,9-16H2,1H3,(H,23,24);1H. The van der Waals surface area contributed by atoms with Gasteiger partial charge in [-0.25, -0.2) is 0 Å². The smallest absolute Gasteiger partial charge is 0.222 e. The third-order valence-corrected chi connectivity index (χ3v) is 6.58. The molecule has 1 N–H and O–H groups in total. The van der Waals surface area contributed by atoms with Crippen LogP contribution in [-0.2, 0) is 17.9 Å². The highest BCUT2D eigenvalue weighted by Crippen LogP contribution is 2.36. The van der Waals surface area contributed by atoms with Crippen LogP contribution < -0.4 is 5.32 Å². The minimum atomic E-state index is 0. The first-order chi connectivity index (χ1) is 13.2. The number of halogens is 1. The van der Waals surface area contributed by atoms with Crippen LogP contribution >= 0.6 is 24.0 Å². The lowest BCUT2D eigenvalue weighted by molar-refractivity contribution is -0.128. The number of rotatable bonds is 4. The molecule has 2 unspecified atom stereocenters. The van der Waals surface area contributed by atoms with E-state index in [1.807, 2.05) is 11.9 Å². The molecule has 1 aliphatic carbocycles. The van der Waals surface area contributed by atoms with E-state index in [4.69, 9.17) is 0 Å². The van der Waals surface area contributed by atoms with Gasteiger partial charge >= 0.3 is 0 Å². The van der Waals surface area contributed by atoms with E-state index in [1.165, 1.54) is 36.8 Å². The summed E-state index contributed by atoms with van der Waals surface area (Å²) in [6.45, 7) is 4.67. The van der Waals surface area contributed by atoms with E-state index < -0.39 is 0 Å². The van der Waals surface area contributed by atoms with Crippen LogP contribution in [0.1, 0.15) is 49.7 Å². The molecule has 5 nitrogen and oxygen atoms in total. The Morgan fingerprint density at radius 3 is 2.39 bits per heavy atom. The third-order valence-electron chi connectivity index (χ3n) is 6.58. The van der Waals surface area contributed by atoms with Gasteiger partial charge < -0.3 is 15.1 Å². The number of hydrogen-bond acceptors (Lipinski definition) is 2. The zero-order valence-corrected chi connectivity index (χ0v) is 19.2. The summed E-state index contributed by atoms with van der Waals surface area (Å²) >= 11 is 0. The zero-order chi connectivity index (χ0) is 18.6. The van der Waals surface area contributed by atoms with Crippen molar-refractivity contribution >= 4 is 35.8 Å². The molecular weight excluding hydrogens is 463 g/mol. The molecule has 2 saturated heterocycles. The Hall–Kier alpha value is -1.31. The van der Waals surface area contributed by atoms with Gasteiger partial charge in [-0.2, -0.15) is 0 Å². The van der Waals surface area contributed by atoms with Crippen LogP contribution in [0.5, 0.6) is 0 Å². The van der Waals surface area contributed by atoms with Crippen molar-refractivity contribution in [1.82, 2.24) is 15.1 Å². The normalized spacial score (nSPS) is 24.9. The average molecular weight is 496 g/mol. The quantitative estimate of drug-likeness (QED) is 0.394.